The summed E-state index contributed by atoms with van der Waals surface area (Å²) < 4.78 is 17.4. The Kier molecular flexibility index (Phi) is 14.2. The highest BCUT2D eigenvalue weighted by Crippen LogP contribution is 2.49. The van der Waals surface area contributed by atoms with Gasteiger partial charge in [-0.1, -0.05) is 87.9 Å². The van der Waals surface area contributed by atoms with Gasteiger partial charge in [-0.2, -0.15) is 0 Å². The second-order valence-corrected chi connectivity index (χ2v) is 13.6. The number of hydrogen-bond acceptors (Lipinski definition) is 7. The molecule has 0 radical (unpaired) electrons. The number of nitrogens with zero attached hydrogens (tertiary/aromatic N) is 2. The van der Waals surface area contributed by atoms with Gasteiger partial charge in [0.05, 0.1) is 30.3 Å². The summed E-state index contributed by atoms with van der Waals surface area (Å²) in [6, 6.07) is 33.5. The number of ether oxygens (including phenoxy) is 3. The van der Waals surface area contributed by atoms with E-state index in [1.165, 1.54) is 0 Å². The number of hydrogen-bond donors (Lipinski definition) is 1. The van der Waals surface area contributed by atoms with E-state index in [2.05, 4.69) is 0 Å². The maximum absolute atomic E-state index is 14.6. The first-order chi connectivity index (χ1) is 26.2. The van der Waals surface area contributed by atoms with Gasteiger partial charge in [0.25, 0.3) is 0 Å². The van der Waals surface area contributed by atoms with E-state index in [1.807, 2.05) is 130 Å². The van der Waals surface area contributed by atoms with Crippen molar-refractivity contribution < 1.29 is 38.5 Å². The third kappa shape index (κ3) is 10.1. The molecular formula is C44H50N2O8. The molecule has 1 N–H and O–H groups in total. The third-order valence-corrected chi connectivity index (χ3v) is 9.58. The first-order valence-electron chi connectivity index (χ1n) is 18.8. The average molecular weight is 735 g/mol. The first-order valence-corrected chi connectivity index (χ1v) is 18.8. The minimum Gasteiger partial charge on any atom is -0.481 e. The van der Waals surface area contributed by atoms with Gasteiger partial charge in [0.15, 0.2) is 0 Å². The van der Waals surface area contributed by atoms with Gasteiger partial charge in [0.2, 0.25) is 11.8 Å². The zero-order valence-electron chi connectivity index (χ0n) is 31.3. The van der Waals surface area contributed by atoms with E-state index in [-0.39, 0.29) is 19.7 Å². The van der Waals surface area contributed by atoms with Crippen molar-refractivity contribution >= 4 is 23.8 Å². The fraction of sp³-hybridized carbons (Fsp3) is 0.364. The Morgan fingerprint density at radius 3 is 1.33 bits per heavy atom. The van der Waals surface area contributed by atoms with Crippen molar-refractivity contribution in [1.29, 1.82) is 0 Å². The largest absolute Gasteiger partial charge is 0.481 e. The molecule has 0 bridgehead atoms. The molecule has 5 rings (SSSR count). The Morgan fingerprint density at radius 1 is 0.537 bits per heavy atom. The summed E-state index contributed by atoms with van der Waals surface area (Å²) in [6.07, 6.45) is 2.60. The van der Waals surface area contributed by atoms with Gasteiger partial charge >= 0.3 is 11.9 Å². The number of esters is 1. The average Bonchev–Trinajstić information content (AvgIpc) is 3.16. The normalized spacial score (nSPS) is 17.5. The van der Waals surface area contributed by atoms with E-state index in [0.717, 1.165) is 17.5 Å². The van der Waals surface area contributed by atoms with Crippen molar-refractivity contribution in [2.24, 2.45) is 23.7 Å². The number of carbonyl (C=O) groups excluding carboxylic acids is 3. The standard InChI is InChI=1S/C44H50N2O8/c1-4-7-28-52-44(51)40-38(42(48)46(27-6-3)30-32-20-24-36(25-21-32)54-34-16-12-9-13-17-34)37(39(40)43(49)50)41(47)45(26-5-2)29-31-18-22-35(23-19-31)53-33-14-10-8-11-15-33/h8-25,37-40H,4-7,26-30H2,1-3H3,(H,49,50)/t37-,38-,39-,40-/m0/s1. The molecular weight excluding hydrogens is 684 g/mol. The summed E-state index contributed by atoms with van der Waals surface area (Å²) in [4.78, 5) is 58.8. The van der Waals surface area contributed by atoms with Crippen LogP contribution in [-0.2, 0) is 37.0 Å². The summed E-state index contributed by atoms with van der Waals surface area (Å²) in [5.41, 5.74) is 1.64. The fourth-order valence-corrected chi connectivity index (χ4v) is 6.89. The molecule has 0 unspecified atom stereocenters. The van der Waals surface area contributed by atoms with Crippen LogP contribution in [0.2, 0.25) is 0 Å². The summed E-state index contributed by atoms with van der Waals surface area (Å²) in [5.74, 6) is -5.43. The lowest BCUT2D eigenvalue weighted by atomic mass is 9.55. The number of aliphatic carboxylic acids is 1. The van der Waals surface area contributed by atoms with Crippen LogP contribution < -0.4 is 9.47 Å². The number of rotatable bonds is 19. The Balaban J connectivity index is 1.39. The van der Waals surface area contributed by atoms with E-state index in [4.69, 9.17) is 14.2 Å². The molecule has 54 heavy (non-hydrogen) atoms. The molecule has 1 aliphatic rings. The number of carboxylic acid groups (broad SMARTS) is 1. The van der Waals surface area contributed by atoms with Crippen LogP contribution in [0.3, 0.4) is 0 Å². The molecule has 284 valence electrons. The van der Waals surface area contributed by atoms with Gasteiger partial charge in [-0.15, -0.1) is 0 Å². The fourth-order valence-electron chi connectivity index (χ4n) is 6.89. The van der Waals surface area contributed by atoms with Crippen LogP contribution >= 0.6 is 0 Å². The smallest absolute Gasteiger partial charge is 0.310 e. The van der Waals surface area contributed by atoms with Gasteiger partial charge < -0.3 is 29.1 Å². The molecule has 0 aliphatic heterocycles. The number of benzene rings is 4. The minimum absolute atomic E-state index is 0.111. The predicted octanol–water partition coefficient (Wildman–Crippen LogP) is 8.35. The minimum atomic E-state index is -1.40. The zero-order chi connectivity index (χ0) is 38.5. The van der Waals surface area contributed by atoms with E-state index in [1.54, 1.807) is 9.80 Å². The van der Waals surface area contributed by atoms with E-state index < -0.39 is 47.4 Å². The van der Waals surface area contributed by atoms with Crippen molar-refractivity contribution in [3.63, 3.8) is 0 Å². The lowest BCUT2D eigenvalue weighted by Crippen LogP contribution is -2.64. The molecule has 2 amide bonds. The Labute approximate surface area is 317 Å². The lowest BCUT2D eigenvalue weighted by Gasteiger charge is -2.49. The van der Waals surface area contributed by atoms with Crippen molar-refractivity contribution in [2.75, 3.05) is 19.7 Å². The van der Waals surface area contributed by atoms with E-state index in [9.17, 15) is 24.3 Å². The SMILES string of the molecule is CCCCOC(=O)[C@@H]1[C@@H](C(=O)O)[C@@H](C(=O)N(CCC)Cc2ccc(Oc3ccccc3)cc2)[C@@H]1C(=O)N(CCC)Cc1ccc(Oc2ccccc2)cc1. The first kappa shape index (κ1) is 39.6. The molecule has 1 saturated carbocycles. The third-order valence-electron chi connectivity index (χ3n) is 9.58. The van der Waals surface area contributed by atoms with Crippen LogP contribution in [0.15, 0.2) is 109 Å². The van der Waals surface area contributed by atoms with Crippen LogP contribution in [0, 0.1) is 23.7 Å². The second-order valence-electron chi connectivity index (χ2n) is 13.6. The van der Waals surface area contributed by atoms with Crippen molar-refractivity contribution in [2.45, 2.75) is 59.5 Å². The van der Waals surface area contributed by atoms with Crippen LogP contribution in [0.1, 0.15) is 57.6 Å². The van der Waals surface area contributed by atoms with Crippen LogP contribution in [0.25, 0.3) is 0 Å². The Bertz CT molecular complexity index is 1820. The molecule has 0 aromatic heterocycles. The molecule has 0 spiro atoms. The van der Waals surface area contributed by atoms with Gasteiger partial charge in [0, 0.05) is 26.2 Å². The zero-order valence-corrected chi connectivity index (χ0v) is 31.3. The molecule has 1 aliphatic carbocycles. The van der Waals surface area contributed by atoms with E-state index >= 15 is 0 Å². The quantitative estimate of drug-likeness (QED) is 0.0754. The van der Waals surface area contributed by atoms with Gasteiger partial charge in [-0.3, -0.25) is 19.2 Å². The Morgan fingerprint density at radius 2 is 0.944 bits per heavy atom. The van der Waals surface area contributed by atoms with Crippen molar-refractivity contribution in [3.8, 4) is 23.0 Å². The number of para-hydroxylation sites is 2. The molecule has 4 aromatic rings. The number of carboxylic acids is 1. The molecule has 10 heteroatoms. The highest BCUT2D eigenvalue weighted by atomic mass is 16.5. The van der Waals surface area contributed by atoms with Gasteiger partial charge in [-0.05, 0) is 78.9 Å². The number of carbonyl (C=O) groups is 4. The highest BCUT2D eigenvalue weighted by Gasteiger charge is 2.65. The molecule has 4 atom stereocenters. The number of amides is 2. The molecule has 1 fully saturated rings. The maximum Gasteiger partial charge on any atom is 0.310 e. The highest BCUT2D eigenvalue weighted by molar-refractivity contribution is 6.00. The summed E-state index contributed by atoms with van der Waals surface area (Å²) in [5, 5.41) is 10.5. The van der Waals surface area contributed by atoms with Crippen LogP contribution in [0.4, 0.5) is 0 Å². The second kappa shape index (κ2) is 19.4. The van der Waals surface area contributed by atoms with E-state index in [0.29, 0.717) is 55.4 Å². The van der Waals surface area contributed by atoms with Crippen LogP contribution in [-0.4, -0.2) is 58.4 Å². The summed E-state index contributed by atoms with van der Waals surface area (Å²) in [7, 11) is 0. The van der Waals surface area contributed by atoms with Crippen molar-refractivity contribution in [1.82, 2.24) is 9.80 Å². The topological polar surface area (TPSA) is 123 Å². The monoisotopic (exact) mass is 734 g/mol. The molecule has 10 nitrogen and oxygen atoms in total. The predicted molar refractivity (Wildman–Crippen MR) is 205 cm³/mol. The van der Waals surface area contributed by atoms with Crippen LogP contribution in [0.5, 0.6) is 23.0 Å². The summed E-state index contributed by atoms with van der Waals surface area (Å²) >= 11 is 0. The number of unbranched alkanes of at least 4 members (excludes halogenated alkanes) is 1. The molecule has 0 saturated heterocycles. The maximum atomic E-state index is 14.6. The molecule has 0 heterocycles. The molecule has 4 aromatic carbocycles. The van der Waals surface area contributed by atoms with Gasteiger partial charge in [-0.25, -0.2) is 0 Å². The Hall–Kier alpha value is -5.64. The summed E-state index contributed by atoms with van der Waals surface area (Å²) in [6.45, 7) is 7.03. The lowest BCUT2D eigenvalue weighted by molar-refractivity contribution is -0.190. The van der Waals surface area contributed by atoms with Crippen molar-refractivity contribution in [3.05, 3.63) is 120 Å². The van der Waals surface area contributed by atoms with Gasteiger partial charge in [0.1, 0.15) is 23.0 Å².